The van der Waals surface area contributed by atoms with Crippen LogP contribution in [0.5, 0.6) is 5.75 Å². The molecule has 1 N–H and O–H groups in total. The Balaban J connectivity index is 1.22. The maximum absolute atomic E-state index is 13.3. The number of carbonyl (C=O) groups is 2. The molecule has 0 saturated carbocycles. The summed E-state index contributed by atoms with van der Waals surface area (Å²) in [5.74, 6) is 1.02. The van der Waals surface area contributed by atoms with E-state index in [1.165, 1.54) is 5.56 Å². The van der Waals surface area contributed by atoms with E-state index in [9.17, 15) is 9.59 Å². The predicted octanol–water partition coefficient (Wildman–Crippen LogP) is 2.90. The quantitative estimate of drug-likeness (QED) is 0.583. The van der Waals surface area contributed by atoms with Crippen molar-refractivity contribution in [3.8, 4) is 5.75 Å². The molecule has 5 rings (SSSR count). The Morgan fingerprint density at radius 3 is 3.00 bits per heavy atom. The van der Waals surface area contributed by atoms with Gasteiger partial charge in [0.1, 0.15) is 12.4 Å². The number of hydrogen-bond donors (Lipinski definition) is 1. The Morgan fingerprint density at radius 2 is 2.12 bits per heavy atom. The average Bonchev–Trinajstić information content (AvgIpc) is 3.43. The fraction of sp³-hybridized carbons (Fsp3) is 0.423. The standard InChI is InChI=1S/C26H30N4O4/c31-25-8-3-9-29(25)11-13-34-22-6-1-5-21(15-22)26(32)30-10-12-33-18-19(17-30)14-20-4-2-7-24-23(20)16-27-28-24/h1-2,4-7,15-16,19H,3,8-14,17-18H2,(H,27,28)/t19-/m0/s1. The molecule has 2 aliphatic rings. The lowest BCUT2D eigenvalue weighted by atomic mass is 9.97. The third kappa shape index (κ3) is 5.07. The van der Waals surface area contributed by atoms with Crippen molar-refractivity contribution in [2.75, 3.05) is 46.0 Å². The molecule has 2 aliphatic heterocycles. The fourth-order valence-corrected chi connectivity index (χ4v) is 4.82. The molecule has 2 fully saturated rings. The highest BCUT2D eigenvalue weighted by Crippen LogP contribution is 2.23. The van der Waals surface area contributed by atoms with E-state index in [0.717, 1.165) is 30.3 Å². The second kappa shape index (κ2) is 10.3. The summed E-state index contributed by atoms with van der Waals surface area (Å²) in [6.07, 6.45) is 4.22. The maximum Gasteiger partial charge on any atom is 0.254 e. The van der Waals surface area contributed by atoms with Crippen LogP contribution in [0.15, 0.2) is 48.7 Å². The molecule has 0 unspecified atom stereocenters. The van der Waals surface area contributed by atoms with Gasteiger partial charge < -0.3 is 19.3 Å². The normalized spacial score (nSPS) is 18.9. The van der Waals surface area contributed by atoms with Gasteiger partial charge in [-0.2, -0.15) is 5.10 Å². The van der Waals surface area contributed by atoms with Crippen molar-refractivity contribution in [1.82, 2.24) is 20.0 Å². The SMILES string of the molecule is O=C1CCCN1CCOc1cccc(C(=O)N2CCOC[C@@H](Cc3cccc4[nH]ncc34)C2)c1. The van der Waals surface area contributed by atoms with E-state index in [2.05, 4.69) is 16.3 Å². The number of aromatic amines is 1. The van der Waals surface area contributed by atoms with Gasteiger partial charge in [0.05, 0.1) is 31.5 Å². The number of amides is 2. The Morgan fingerprint density at radius 1 is 1.21 bits per heavy atom. The van der Waals surface area contributed by atoms with E-state index >= 15 is 0 Å². The number of H-pyrrole nitrogens is 1. The molecular weight excluding hydrogens is 432 g/mol. The predicted molar refractivity (Wildman–Crippen MR) is 128 cm³/mol. The third-order valence-electron chi connectivity index (χ3n) is 6.59. The summed E-state index contributed by atoms with van der Waals surface area (Å²) in [7, 11) is 0. The number of nitrogens with one attached hydrogen (secondary N) is 1. The van der Waals surface area contributed by atoms with Crippen LogP contribution in [-0.4, -0.2) is 77.8 Å². The zero-order valence-electron chi connectivity index (χ0n) is 19.2. The first-order chi connectivity index (χ1) is 16.7. The van der Waals surface area contributed by atoms with Crippen LogP contribution in [0.1, 0.15) is 28.8 Å². The van der Waals surface area contributed by atoms with Crippen LogP contribution in [0, 0.1) is 5.92 Å². The number of likely N-dealkylation sites (tertiary alicyclic amines) is 1. The maximum atomic E-state index is 13.3. The number of carbonyl (C=O) groups excluding carboxylic acids is 2. The molecule has 2 aromatic carbocycles. The van der Waals surface area contributed by atoms with Crippen molar-refractivity contribution < 1.29 is 19.1 Å². The molecule has 178 valence electrons. The Labute approximate surface area is 198 Å². The number of ether oxygens (including phenoxy) is 2. The van der Waals surface area contributed by atoms with Crippen LogP contribution in [-0.2, 0) is 16.0 Å². The van der Waals surface area contributed by atoms with Crippen LogP contribution in [0.4, 0.5) is 0 Å². The number of rotatable bonds is 7. The molecular formula is C26H30N4O4. The second-order valence-electron chi connectivity index (χ2n) is 9.01. The fourth-order valence-electron chi connectivity index (χ4n) is 4.82. The van der Waals surface area contributed by atoms with Gasteiger partial charge >= 0.3 is 0 Å². The van der Waals surface area contributed by atoms with Gasteiger partial charge in [0.2, 0.25) is 5.91 Å². The smallest absolute Gasteiger partial charge is 0.254 e. The lowest BCUT2D eigenvalue weighted by Crippen LogP contribution is -2.36. The van der Waals surface area contributed by atoms with Gasteiger partial charge in [0, 0.05) is 42.9 Å². The van der Waals surface area contributed by atoms with Gasteiger partial charge in [0.25, 0.3) is 5.91 Å². The molecule has 8 nitrogen and oxygen atoms in total. The molecule has 3 aromatic rings. The number of hydrogen-bond acceptors (Lipinski definition) is 5. The van der Waals surface area contributed by atoms with Gasteiger partial charge in [-0.1, -0.05) is 18.2 Å². The largest absolute Gasteiger partial charge is 0.492 e. The zero-order valence-corrected chi connectivity index (χ0v) is 19.2. The third-order valence-corrected chi connectivity index (χ3v) is 6.59. The van der Waals surface area contributed by atoms with E-state index in [1.54, 1.807) is 6.07 Å². The summed E-state index contributed by atoms with van der Waals surface area (Å²) in [5.41, 5.74) is 2.83. The molecule has 3 heterocycles. The topological polar surface area (TPSA) is 87.8 Å². The van der Waals surface area contributed by atoms with Gasteiger partial charge in [0.15, 0.2) is 0 Å². The Kier molecular flexibility index (Phi) is 6.76. The average molecular weight is 463 g/mol. The molecule has 1 atom stereocenters. The summed E-state index contributed by atoms with van der Waals surface area (Å²) in [5, 5.41) is 8.29. The first-order valence-corrected chi connectivity index (χ1v) is 12.0. The van der Waals surface area contributed by atoms with Crippen LogP contribution in [0.25, 0.3) is 10.9 Å². The molecule has 2 saturated heterocycles. The summed E-state index contributed by atoms with van der Waals surface area (Å²) >= 11 is 0. The van der Waals surface area contributed by atoms with Crippen LogP contribution < -0.4 is 4.74 Å². The lowest BCUT2D eigenvalue weighted by Gasteiger charge is -2.24. The van der Waals surface area contributed by atoms with Gasteiger partial charge in [-0.15, -0.1) is 0 Å². The highest BCUT2D eigenvalue weighted by Gasteiger charge is 2.25. The number of nitrogens with zero attached hydrogens (tertiary/aromatic N) is 3. The lowest BCUT2D eigenvalue weighted by molar-refractivity contribution is -0.128. The van der Waals surface area contributed by atoms with Crippen molar-refractivity contribution in [3.63, 3.8) is 0 Å². The van der Waals surface area contributed by atoms with E-state index < -0.39 is 0 Å². The minimum atomic E-state index is -0.0165. The highest BCUT2D eigenvalue weighted by molar-refractivity contribution is 5.94. The minimum absolute atomic E-state index is 0.0165. The van der Waals surface area contributed by atoms with E-state index in [-0.39, 0.29) is 17.7 Å². The summed E-state index contributed by atoms with van der Waals surface area (Å²) in [6, 6.07) is 13.5. The zero-order chi connectivity index (χ0) is 23.3. The van der Waals surface area contributed by atoms with Crippen LogP contribution in [0.2, 0.25) is 0 Å². The van der Waals surface area contributed by atoms with Gasteiger partial charge in [-0.25, -0.2) is 0 Å². The van der Waals surface area contributed by atoms with E-state index in [4.69, 9.17) is 9.47 Å². The highest BCUT2D eigenvalue weighted by atomic mass is 16.5. The van der Waals surface area contributed by atoms with Crippen molar-refractivity contribution in [3.05, 3.63) is 59.8 Å². The Bertz CT molecular complexity index is 1160. The monoisotopic (exact) mass is 462 g/mol. The second-order valence-corrected chi connectivity index (χ2v) is 9.01. The molecule has 0 radical (unpaired) electrons. The van der Waals surface area contributed by atoms with Crippen molar-refractivity contribution in [2.45, 2.75) is 19.3 Å². The van der Waals surface area contributed by atoms with Crippen molar-refractivity contribution in [1.29, 1.82) is 0 Å². The molecule has 8 heteroatoms. The molecule has 0 aliphatic carbocycles. The molecule has 0 spiro atoms. The van der Waals surface area contributed by atoms with Crippen LogP contribution in [0.3, 0.4) is 0 Å². The van der Waals surface area contributed by atoms with Crippen molar-refractivity contribution in [2.24, 2.45) is 5.92 Å². The van der Waals surface area contributed by atoms with Gasteiger partial charge in [-0.05, 0) is 42.7 Å². The van der Waals surface area contributed by atoms with E-state index in [0.29, 0.717) is 57.2 Å². The molecule has 0 bridgehead atoms. The summed E-state index contributed by atoms with van der Waals surface area (Å²) in [6.45, 7) is 4.14. The summed E-state index contributed by atoms with van der Waals surface area (Å²) in [4.78, 5) is 28.8. The van der Waals surface area contributed by atoms with Gasteiger partial charge in [-0.3, -0.25) is 14.7 Å². The number of aromatic nitrogens is 2. The molecule has 34 heavy (non-hydrogen) atoms. The molecule has 1 aromatic heterocycles. The first kappa shape index (κ1) is 22.4. The Hall–Kier alpha value is -3.39. The van der Waals surface area contributed by atoms with E-state index in [1.807, 2.05) is 46.3 Å². The van der Waals surface area contributed by atoms with Crippen LogP contribution >= 0.6 is 0 Å². The first-order valence-electron chi connectivity index (χ1n) is 12.0. The van der Waals surface area contributed by atoms with Crippen molar-refractivity contribution >= 4 is 22.7 Å². The molecule has 2 amide bonds. The number of benzene rings is 2. The summed E-state index contributed by atoms with van der Waals surface area (Å²) < 4.78 is 11.7. The number of fused-ring (bicyclic) bond motifs is 1. The minimum Gasteiger partial charge on any atom is -0.492 e.